The number of hydrogen-bond donors (Lipinski definition) is 1. The summed E-state index contributed by atoms with van der Waals surface area (Å²) in [6, 6.07) is 30.2. The zero-order valence-electron chi connectivity index (χ0n) is 24.0. The van der Waals surface area contributed by atoms with Crippen LogP contribution in [0.25, 0.3) is 0 Å². The molecule has 43 heavy (non-hydrogen) atoms. The van der Waals surface area contributed by atoms with Gasteiger partial charge in [0.15, 0.2) is 0 Å². The lowest BCUT2D eigenvalue weighted by atomic mass is 10.1. The second kappa shape index (κ2) is 14.8. The monoisotopic (exact) mass is 663 g/mol. The van der Waals surface area contributed by atoms with Crippen LogP contribution in [0.15, 0.2) is 119 Å². The fourth-order valence-electron chi connectivity index (χ4n) is 4.32. The van der Waals surface area contributed by atoms with Crippen LogP contribution in [0.3, 0.4) is 0 Å². The van der Waals surface area contributed by atoms with Gasteiger partial charge in [0, 0.05) is 17.6 Å². The largest absolute Gasteiger partial charge is 0.457 e. The molecule has 4 aromatic carbocycles. The van der Waals surface area contributed by atoms with Crippen LogP contribution < -0.4 is 14.4 Å². The maximum atomic E-state index is 14.0. The molecule has 1 N–H and O–H groups in total. The first-order valence-corrected chi connectivity index (χ1v) is 16.1. The van der Waals surface area contributed by atoms with E-state index < -0.39 is 28.5 Å². The number of carbonyl (C=O) groups excluding carboxylic acids is 2. The van der Waals surface area contributed by atoms with Gasteiger partial charge in [-0.2, -0.15) is 0 Å². The molecule has 10 heteroatoms. The standard InChI is InChI=1S/C33H34BrN3O5S/c1-3-22-35-33(39)25(2)36(23-26-14-16-27(34)17-15-26)32(38)24-37(43(40,41)31-12-8-5-9-13-31)28-18-20-30(21-19-28)42-29-10-6-4-7-11-29/h4-21,25H,3,22-24H2,1-2H3,(H,35,39). The summed E-state index contributed by atoms with van der Waals surface area (Å²) in [6.07, 6.45) is 0.742. The zero-order chi connectivity index (χ0) is 30.8. The van der Waals surface area contributed by atoms with Crippen molar-refractivity contribution >= 4 is 43.5 Å². The molecule has 224 valence electrons. The molecule has 4 aromatic rings. The van der Waals surface area contributed by atoms with E-state index in [1.54, 1.807) is 49.4 Å². The van der Waals surface area contributed by atoms with Gasteiger partial charge in [0.05, 0.1) is 10.6 Å². The quantitative estimate of drug-likeness (QED) is 0.179. The van der Waals surface area contributed by atoms with Crippen molar-refractivity contribution in [3.8, 4) is 11.5 Å². The van der Waals surface area contributed by atoms with Gasteiger partial charge < -0.3 is 15.0 Å². The van der Waals surface area contributed by atoms with E-state index in [4.69, 9.17) is 4.74 Å². The Hall–Kier alpha value is -4.15. The molecule has 0 radical (unpaired) electrons. The Kier molecular flexibility index (Phi) is 11.0. The average molecular weight is 665 g/mol. The summed E-state index contributed by atoms with van der Waals surface area (Å²) >= 11 is 3.42. The normalized spacial score (nSPS) is 11.8. The molecule has 0 spiro atoms. The molecule has 1 atom stereocenters. The van der Waals surface area contributed by atoms with Gasteiger partial charge in [-0.1, -0.05) is 71.4 Å². The minimum Gasteiger partial charge on any atom is -0.457 e. The fraction of sp³-hybridized carbons (Fsp3) is 0.212. The van der Waals surface area contributed by atoms with Gasteiger partial charge in [-0.05, 0) is 79.6 Å². The summed E-state index contributed by atoms with van der Waals surface area (Å²) in [5.74, 6) is 0.313. The molecule has 0 saturated heterocycles. The lowest BCUT2D eigenvalue weighted by Crippen LogP contribution is -2.51. The molecule has 0 bridgehead atoms. The third kappa shape index (κ3) is 8.46. The highest BCUT2D eigenvalue weighted by atomic mass is 79.9. The molecular formula is C33H34BrN3O5S. The van der Waals surface area contributed by atoms with Crippen LogP contribution in [0.4, 0.5) is 5.69 Å². The van der Waals surface area contributed by atoms with E-state index in [2.05, 4.69) is 21.2 Å². The average Bonchev–Trinajstić information content (AvgIpc) is 3.03. The van der Waals surface area contributed by atoms with E-state index in [9.17, 15) is 18.0 Å². The lowest BCUT2D eigenvalue weighted by Gasteiger charge is -2.32. The number of halogens is 1. The number of amides is 2. The van der Waals surface area contributed by atoms with E-state index in [1.165, 1.54) is 17.0 Å². The van der Waals surface area contributed by atoms with Gasteiger partial charge in [-0.3, -0.25) is 13.9 Å². The fourth-order valence-corrected chi connectivity index (χ4v) is 6.02. The van der Waals surface area contributed by atoms with Crippen molar-refractivity contribution in [1.82, 2.24) is 10.2 Å². The van der Waals surface area contributed by atoms with Gasteiger partial charge >= 0.3 is 0 Å². The van der Waals surface area contributed by atoms with Gasteiger partial charge in [-0.15, -0.1) is 0 Å². The molecular weight excluding hydrogens is 630 g/mol. The number of hydrogen-bond acceptors (Lipinski definition) is 5. The number of rotatable bonds is 13. The molecule has 1 unspecified atom stereocenters. The highest BCUT2D eigenvalue weighted by Gasteiger charge is 2.32. The van der Waals surface area contributed by atoms with Crippen LogP contribution in [0, 0.1) is 0 Å². The molecule has 0 aromatic heterocycles. The molecule has 2 amide bonds. The summed E-state index contributed by atoms with van der Waals surface area (Å²) in [7, 11) is -4.15. The first-order valence-electron chi connectivity index (χ1n) is 13.9. The third-order valence-electron chi connectivity index (χ3n) is 6.70. The number of sulfonamides is 1. The summed E-state index contributed by atoms with van der Waals surface area (Å²) < 4.78 is 35.7. The predicted octanol–water partition coefficient (Wildman–Crippen LogP) is 6.38. The SMILES string of the molecule is CCCNC(=O)C(C)N(Cc1ccc(Br)cc1)C(=O)CN(c1ccc(Oc2ccccc2)cc1)S(=O)(=O)c1ccccc1. The van der Waals surface area contributed by atoms with E-state index in [0.29, 0.717) is 18.0 Å². The topological polar surface area (TPSA) is 96.0 Å². The van der Waals surface area contributed by atoms with E-state index in [0.717, 1.165) is 20.8 Å². The molecule has 0 aliphatic rings. The van der Waals surface area contributed by atoms with Crippen molar-refractivity contribution < 1.29 is 22.7 Å². The number of anilines is 1. The summed E-state index contributed by atoms with van der Waals surface area (Å²) in [5, 5.41) is 2.84. The second-order valence-corrected chi connectivity index (χ2v) is 12.6. The smallest absolute Gasteiger partial charge is 0.264 e. The minimum atomic E-state index is -4.15. The van der Waals surface area contributed by atoms with Crippen LogP contribution in [0.2, 0.25) is 0 Å². The van der Waals surface area contributed by atoms with Crippen LogP contribution in [-0.4, -0.2) is 44.3 Å². The molecule has 0 saturated carbocycles. The maximum absolute atomic E-state index is 14.0. The number of nitrogens with zero attached hydrogens (tertiary/aromatic N) is 2. The summed E-state index contributed by atoms with van der Waals surface area (Å²) in [4.78, 5) is 28.5. The van der Waals surface area contributed by atoms with Crippen LogP contribution in [-0.2, 0) is 26.2 Å². The first-order chi connectivity index (χ1) is 20.7. The second-order valence-electron chi connectivity index (χ2n) is 9.85. The third-order valence-corrected chi connectivity index (χ3v) is 9.01. The van der Waals surface area contributed by atoms with E-state index in [-0.39, 0.29) is 23.0 Å². The zero-order valence-corrected chi connectivity index (χ0v) is 26.4. The lowest BCUT2D eigenvalue weighted by molar-refractivity contribution is -0.139. The van der Waals surface area contributed by atoms with Crippen LogP contribution in [0.1, 0.15) is 25.8 Å². The van der Waals surface area contributed by atoms with E-state index >= 15 is 0 Å². The van der Waals surface area contributed by atoms with Crippen LogP contribution in [0.5, 0.6) is 11.5 Å². The number of benzene rings is 4. The molecule has 8 nitrogen and oxygen atoms in total. The first kappa shape index (κ1) is 31.8. The van der Waals surface area contributed by atoms with Crippen molar-refractivity contribution in [2.45, 2.75) is 37.8 Å². The van der Waals surface area contributed by atoms with Crippen molar-refractivity contribution in [1.29, 1.82) is 0 Å². The van der Waals surface area contributed by atoms with Gasteiger partial charge in [-0.25, -0.2) is 8.42 Å². The minimum absolute atomic E-state index is 0.0422. The Morgan fingerprint density at radius 1 is 0.837 bits per heavy atom. The Bertz CT molecular complexity index is 1600. The Labute approximate surface area is 261 Å². The Morgan fingerprint density at radius 3 is 2.02 bits per heavy atom. The molecule has 0 aliphatic carbocycles. The Morgan fingerprint density at radius 2 is 1.42 bits per heavy atom. The van der Waals surface area contributed by atoms with Crippen molar-refractivity contribution in [2.75, 3.05) is 17.4 Å². The van der Waals surface area contributed by atoms with Gasteiger partial charge in [0.25, 0.3) is 10.0 Å². The summed E-state index contributed by atoms with van der Waals surface area (Å²) in [6.45, 7) is 3.66. The molecule has 0 heterocycles. The van der Waals surface area contributed by atoms with Crippen molar-refractivity contribution in [3.63, 3.8) is 0 Å². The molecule has 0 aliphatic heterocycles. The molecule has 0 fully saturated rings. The number of carbonyl (C=O) groups is 2. The van der Waals surface area contributed by atoms with E-state index in [1.807, 2.05) is 61.5 Å². The maximum Gasteiger partial charge on any atom is 0.264 e. The Balaban J connectivity index is 1.68. The number of ether oxygens (including phenoxy) is 1. The van der Waals surface area contributed by atoms with Crippen molar-refractivity contribution in [3.05, 3.63) is 119 Å². The van der Waals surface area contributed by atoms with Gasteiger partial charge in [0.1, 0.15) is 24.1 Å². The highest BCUT2D eigenvalue weighted by molar-refractivity contribution is 9.10. The number of nitrogens with one attached hydrogen (secondary N) is 1. The van der Waals surface area contributed by atoms with Crippen LogP contribution >= 0.6 is 15.9 Å². The predicted molar refractivity (Wildman–Crippen MR) is 171 cm³/mol. The van der Waals surface area contributed by atoms with Gasteiger partial charge in [0.2, 0.25) is 11.8 Å². The molecule has 4 rings (SSSR count). The highest BCUT2D eigenvalue weighted by Crippen LogP contribution is 2.28. The van der Waals surface area contributed by atoms with Crippen molar-refractivity contribution in [2.24, 2.45) is 0 Å². The number of para-hydroxylation sites is 1. The summed E-state index contributed by atoms with van der Waals surface area (Å²) in [5.41, 5.74) is 1.08.